The molecule has 1 N–H and O–H groups in total. The summed E-state index contributed by atoms with van der Waals surface area (Å²) in [5.41, 5.74) is 1.73. The maximum absolute atomic E-state index is 12.1. The highest BCUT2D eigenvalue weighted by Crippen LogP contribution is 2.38. The van der Waals surface area contributed by atoms with E-state index in [-0.39, 0.29) is 5.91 Å². The summed E-state index contributed by atoms with van der Waals surface area (Å²) in [6.45, 7) is 3.91. The molecule has 1 fully saturated rings. The average molecular weight is 289 g/mol. The van der Waals surface area contributed by atoms with E-state index in [1.54, 1.807) is 0 Å². The Bertz CT molecular complexity index is 490. The lowest BCUT2D eigenvalue weighted by Gasteiger charge is -2.14. The van der Waals surface area contributed by atoms with Crippen LogP contribution in [0.5, 0.6) is 0 Å². The summed E-state index contributed by atoms with van der Waals surface area (Å²) in [6, 6.07) is 8.13. The summed E-state index contributed by atoms with van der Waals surface area (Å²) in [7, 11) is 0. The summed E-state index contributed by atoms with van der Waals surface area (Å²) in [5.74, 6) is 0.00585. The Labute approximate surface area is 126 Å². The number of amides is 1. The zero-order valence-electron chi connectivity index (χ0n) is 12.3. The molecule has 1 aromatic carbocycles. The Balaban J connectivity index is 2.07. The second-order valence-electron chi connectivity index (χ2n) is 5.27. The molecule has 1 aliphatic rings. The average Bonchev–Trinajstić information content (AvgIpc) is 2.94. The third kappa shape index (κ3) is 4.14. The van der Waals surface area contributed by atoms with Crippen LogP contribution in [0.4, 0.5) is 5.69 Å². The van der Waals surface area contributed by atoms with Gasteiger partial charge in [0.05, 0.1) is 5.69 Å². The molecule has 1 aliphatic carbocycles. The van der Waals surface area contributed by atoms with Crippen LogP contribution in [0.15, 0.2) is 40.8 Å². The van der Waals surface area contributed by atoms with Crippen molar-refractivity contribution in [3.8, 4) is 0 Å². The minimum absolute atomic E-state index is 0.00585. The van der Waals surface area contributed by atoms with E-state index in [9.17, 15) is 4.79 Å². The summed E-state index contributed by atoms with van der Waals surface area (Å²) < 4.78 is 0. The summed E-state index contributed by atoms with van der Waals surface area (Å²) >= 11 is 1.91. The minimum atomic E-state index is 0.00585. The predicted molar refractivity (Wildman–Crippen MR) is 87.2 cm³/mol. The highest BCUT2D eigenvalue weighted by atomic mass is 32.2. The number of benzene rings is 1. The van der Waals surface area contributed by atoms with E-state index in [2.05, 4.69) is 11.4 Å². The predicted octanol–water partition coefficient (Wildman–Crippen LogP) is 5.02. The molecule has 0 radical (unpaired) electrons. The Morgan fingerprint density at radius 2 is 2.05 bits per heavy atom. The molecule has 2 nitrogen and oxygen atoms in total. The number of hydrogen-bond acceptors (Lipinski definition) is 2. The van der Waals surface area contributed by atoms with Gasteiger partial charge in [0.1, 0.15) is 0 Å². The number of thioether (sulfide) groups is 1. The van der Waals surface area contributed by atoms with Crippen LogP contribution >= 0.6 is 11.8 Å². The molecule has 1 amide bonds. The third-order valence-electron chi connectivity index (χ3n) is 3.60. The SMILES string of the molecule is CCC=C(C)C(=O)Nc1ccccc1SC1CCCC1. The van der Waals surface area contributed by atoms with Crippen molar-refractivity contribution in [1.82, 2.24) is 0 Å². The van der Waals surface area contributed by atoms with Crippen LogP contribution in [0.25, 0.3) is 0 Å². The van der Waals surface area contributed by atoms with E-state index in [1.165, 1.54) is 30.6 Å². The molecule has 108 valence electrons. The van der Waals surface area contributed by atoms with Crippen molar-refractivity contribution in [2.75, 3.05) is 5.32 Å². The molecule has 0 aliphatic heterocycles. The van der Waals surface area contributed by atoms with Gasteiger partial charge in [-0.25, -0.2) is 0 Å². The Morgan fingerprint density at radius 3 is 2.75 bits per heavy atom. The highest BCUT2D eigenvalue weighted by molar-refractivity contribution is 8.00. The van der Waals surface area contributed by atoms with Gasteiger partial charge in [-0.15, -0.1) is 11.8 Å². The van der Waals surface area contributed by atoms with Gasteiger partial charge in [0.15, 0.2) is 0 Å². The first-order chi connectivity index (χ1) is 9.70. The lowest BCUT2D eigenvalue weighted by Crippen LogP contribution is -2.13. The molecule has 0 aromatic heterocycles. The number of carbonyl (C=O) groups excluding carboxylic acids is 1. The Morgan fingerprint density at radius 1 is 1.35 bits per heavy atom. The van der Waals surface area contributed by atoms with Gasteiger partial charge in [-0.3, -0.25) is 4.79 Å². The zero-order chi connectivity index (χ0) is 14.4. The van der Waals surface area contributed by atoms with Gasteiger partial charge < -0.3 is 5.32 Å². The van der Waals surface area contributed by atoms with Crippen molar-refractivity contribution in [3.05, 3.63) is 35.9 Å². The molecule has 0 atom stereocenters. The maximum atomic E-state index is 12.1. The lowest BCUT2D eigenvalue weighted by atomic mass is 10.2. The standard InChI is InChI=1S/C17H23NOS/c1-3-8-13(2)17(19)18-15-11-6-7-12-16(15)20-14-9-4-5-10-14/h6-8,11-12,14H,3-5,9-10H2,1-2H3,(H,18,19). The first kappa shape index (κ1) is 15.2. The van der Waals surface area contributed by atoms with Crippen LogP contribution in [-0.2, 0) is 4.79 Å². The number of allylic oxidation sites excluding steroid dienone is 1. The third-order valence-corrected chi connectivity index (χ3v) is 5.01. The Kier molecular flexibility index (Phi) is 5.72. The Hall–Kier alpha value is -1.22. The molecular weight excluding hydrogens is 266 g/mol. The van der Waals surface area contributed by atoms with Crippen LogP contribution in [0.3, 0.4) is 0 Å². The van der Waals surface area contributed by atoms with Crippen LogP contribution in [0.1, 0.15) is 46.0 Å². The maximum Gasteiger partial charge on any atom is 0.251 e. The summed E-state index contributed by atoms with van der Waals surface area (Å²) in [5, 5.41) is 3.75. The highest BCUT2D eigenvalue weighted by Gasteiger charge is 2.18. The summed E-state index contributed by atoms with van der Waals surface area (Å²) in [6.07, 6.45) is 8.11. The summed E-state index contributed by atoms with van der Waals surface area (Å²) in [4.78, 5) is 13.3. The van der Waals surface area contributed by atoms with Crippen molar-refractivity contribution in [3.63, 3.8) is 0 Å². The van der Waals surface area contributed by atoms with Crippen LogP contribution in [-0.4, -0.2) is 11.2 Å². The zero-order valence-corrected chi connectivity index (χ0v) is 13.1. The van der Waals surface area contributed by atoms with E-state index in [0.29, 0.717) is 5.25 Å². The molecule has 1 saturated carbocycles. The second kappa shape index (κ2) is 7.53. The van der Waals surface area contributed by atoms with E-state index >= 15 is 0 Å². The quantitative estimate of drug-likeness (QED) is 0.771. The number of carbonyl (C=O) groups is 1. The van der Waals surface area contributed by atoms with Gasteiger partial charge in [0, 0.05) is 15.7 Å². The van der Waals surface area contributed by atoms with E-state index in [4.69, 9.17) is 0 Å². The normalized spacial score (nSPS) is 16.4. The van der Waals surface area contributed by atoms with Gasteiger partial charge in [-0.05, 0) is 38.3 Å². The van der Waals surface area contributed by atoms with Crippen molar-refractivity contribution in [2.45, 2.75) is 56.1 Å². The number of nitrogens with one attached hydrogen (secondary N) is 1. The number of rotatable bonds is 5. The second-order valence-corrected chi connectivity index (χ2v) is 6.61. The molecule has 0 heterocycles. The van der Waals surface area contributed by atoms with Crippen LogP contribution in [0.2, 0.25) is 0 Å². The molecule has 3 heteroatoms. The molecule has 2 rings (SSSR count). The fourth-order valence-electron chi connectivity index (χ4n) is 2.48. The van der Waals surface area contributed by atoms with Crippen molar-refractivity contribution in [2.24, 2.45) is 0 Å². The van der Waals surface area contributed by atoms with Crippen LogP contribution < -0.4 is 5.32 Å². The van der Waals surface area contributed by atoms with Gasteiger partial charge in [0.25, 0.3) is 5.91 Å². The van der Waals surface area contributed by atoms with E-state index in [0.717, 1.165) is 17.7 Å². The number of anilines is 1. The smallest absolute Gasteiger partial charge is 0.251 e. The minimum Gasteiger partial charge on any atom is -0.321 e. The van der Waals surface area contributed by atoms with Gasteiger partial charge in [-0.2, -0.15) is 0 Å². The lowest BCUT2D eigenvalue weighted by molar-refractivity contribution is -0.112. The fraction of sp³-hybridized carbons (Fsp3) is 0.471. The monoisotopic (exact) mass is 289 g/mol. The number of hydrogen-bond donors (Lipinski definition) is 1. The number of para-hydroxylation sites is 1. The van der Waals surface area contributed by atoms with Gasteiger partial charge in [-0.1, -0.05) is 38.0 Å². The van der Waals surface area contributed by atoms with Gasteiger partial charge >= 0.3 is 0 Å². The molecular formula is C17H23NOS. The molecule has 1 aromatic rings. The largest absolute Gasteiger partial charge is 0.321 e. The van der Waals surface area contributed by atoms with Crippen molar-refractivity contribution in [1.29, 1.82) is 0 Å². The molecule has 20 heavy (non-hydrogen) atoms. The topological polar surface area (TPSA) is 29.1 Å². The van der Waals surface area contributed by atoms with Crippen molar-refractivity contribution < 1.29 is 4.79 Å². The van der Waals surface area contributed by atoms with Gasteiger partial charge in [0.2, 0.25) is 0 Å². The van der Waals surface area contributed by atoms with E-state index in [1.807, 2.05) is 49.9 Å². The fourth-order valence-corrected chi connectivity index (χ4v) is 3.81. The molecule has 0 saturated heterocycles. The van der Waals surface area contributed by atoms with Crippen molar-refractivity contribution >= 4 is 23.4 Å². The molecule has 0 unspecified atom stereocenters. The first-order valence-electron chi connectivity index (χ1n) is 7.44. The first-order valence-corrected chi connectivity index (χ1v) is 8.32. The molecule has 0 bridgehead atoms. The van der Waals surface area contributed by atoms with Crippen LogP contribution in [0, 0.1) is 0 Å². The molecule has 0 spiro atoms. The van der Waals surface area contributed by atoms with E-state index < -0.39 is 0 Å².